The van der Waals surface area contributed by atoms with Crippen LogP contribution in [0.3, 0.4) is 0 Å². The molecule has 0 aliphatic carbocycles. The summed E-state index contributed by atoms with van der Waals surface area (Å²) in [5.41, 5.74) is 3.11. The third kappa shape index (κ3) is 4.28. The summed E-state index contributed by atoms with van der Waals surface area (Å²) in [6.45, 7) is 5.69. The highest BCUT2D eigenvalue weighted by molar-refractivity contribution is 5.64. The molecule has 3 rings (SSSR count). The molecule has 0 fully saturated rings. The van der Waals surface area contributed by atoms with Crippen LogP contribution in [0.25, 0.3) is 17.2 Å². The highest BCUT2D eigenvalue weighted by Crippen LogP contribution is 2.26. The largest absolute Gasteiger partial charge is 0.491 e. The SMILES string of the molecule is C=Cc1ccc(CCc2ccc(-c3ccc(OCC)c(F)c3)cc2)c(F)c1F. The molecule has 0 unspecified atom stereocenters. The molecule has 144 valence electrons. The summed E-state index contributed by atoms with van der Waals surface area (Å²) in [7, 11) is 0. The number of rotatable bonds is 7. The van der Waals surface area contributed by atoms with Gasteiger partial charge in [0.05, 0.1) is 6.61 Å². The van der Waals surface area contributed by atoms with Gasteiger partial charge in [-0.3, -0.25) is 0 Å². The van der Waals surface area contributed by atoms with Gasteiger partial charge in [0, 0.05) is 5.56 Å². The van der Waals surface area contributed by atoms with E-state index in [1.807, 2.05) is 30.3 Å². The third-order valence-electron chi connectivity index (χ3n) is 4.61. The smallest absolute Gasteiger partial charge is 0.166 e. The zero-order valence-electron chi connectivity index (χ0n) is 15.6. The molecule has 1 nitrogen and oxygen atoms in total. The van der Waals surface area contributed by atoms with Crippen molar-refractivity contribution < 1.29 is 17.9 Å². The van der Waals surface area contributed by atoms with Gasteiger partial charge in [0.1, 0.15) is 0 Å². The van der Waals surface area contributed by atoms with E-state index in [0.29, 0.717) is 25.0 Å². The number of benzene rings is 3. The Bertz CT molecular complexity index is 978. The molecule has 3 aromatic rings. The summed E-state index contributed by atoms with van der Waals surface area (Å²) in [4.78, 5) is 0. The van der Waals surface area contributed by atoms with Crippen LogP contribution in [0.15, 0.2) is 61.2 Å². The molecule has 0 atom stereocenters. The van der Waals surface area contributed by atoms with Crippen molar-refractivity contribution in [1.82, 2.24) is 0 Å². The van der Waals surface area contributed by atoms with E-state index in [0.717, 1.165) is 16.7 Å². The van der Waals surface area contributed by atoms with Gasteiger partial charge in [-0.05, 0) is 54.2 Å². The van der Waals surface area contributed by atoms with E-state index in [9.17, 15) is 13.2 Å². The molecule has 0 amide bonds. The van der Waals surface area contributed by atoms with Crippen LogP contribution in [0.2, 0.25) is 0 Å². The van der Waals surface area contributed by atoms with E-state index in [4.69, 9.17) is 4.74 Å². The lowest BCUT2D eigenvalue weighted by molar-refractivity contribution is 0.321. The van der Waals surface area contributed by atoms with Crippen LogP contribution >= 0.6 is 0 Å². The van der Waals surface area contributed by atoms with Gasteiger partial charge in [-0.25, -0.2) is 13.2 Å². The van der Waals surface area contributed by atoms with E-state index in [1.54, 1.807) is 19.1 Å². The van der Waals surface area contributed by atoms with Gasteiger partial charge in [0.2, 0.25) is 0 Å². The molecule has 0 N–H and O–H groups in total. The summed E-state index contributed by atoms with van der Waals surface area (Å²) in [5.74, 6) is -1.84. The van der Waals surface area contributed by atoms with Gasteiger partial charge >= 0.3 is 0 Å². The summed E-state index contributed by atoms with van der Waals surface area (Å²) >= 11 is 0. The zero-order valence-corrected chi connectivity index (χ0v) is 15.6. The van der Waals surface area contributed by atoms with E-state index in [-0.39, 0.29) is 11.3 Å². The van der Waals surface area contributed by atoms with Crippen LogP contribution < -0.4 is 4.74 Å². The van der Waals surface area contributed by atoms with Crippen LogP contribution in [0.1, 0.15) is 23.6 Å². The number of halogens is 3. The Labute approximate surface area is 163 Å². The molecule has 0 saturated heterocycles. The lowest BCUT2D eigenvalue weighted by Crippen LogP contribution is -1.99. The summed E-state index contributed by atoms with van der Waals surface area (Å²) in [6, 6.07) is 15.6. The fourth-order valence-electron chi connectivity index (χ4n) is 3.05. The first-order valence-electron chi connectivity index (χ1n) is 9.14. The molecule has 0 aliphatic heterocycles. The van der Waals surface area contributed by atoms with Gasteiger partial charge in [0.25, 0.3) is 0 Å². The predicted molar refractivity (Wildman–Crippen MR) is 107 cm³/mol. The first kappa shape index (κ1) is 19.7. The highest BCUT2D eigenvalue weighted by atomic mass is 19.2. The number of ether oxygens (including phenoxy) is 1. The second kappa shape index (κ2) is 8.79. The van der Waals surface area contributed by atoms with Gasteiger partial charge in [-0.2, -0.15) is 0 Å². The van der Waals surface area contributed by atoms with Crippen molar-refractivity contribution in [1.29, 1.82) is 0 Å². The second-order valence-electron chi connectivity index (χ2n) is 6.42. The maximum Gasteiger partial charge on any atom is 0.166 e. The molecular formula is C24H21F3O. The number of aryl methyl sites for hydroxylation is 2. The second-order valence-corrected chi connectivity index (χ2v) is 6.42. The standard InChI is InChI=1S/C24H21F3O/c1-3-17-11-12-19(24(27)23(17)26)10-7-16-5-8-18(9-6-16)20-13-14-22(28-4-2)21(25)15-20/h3,5-6,8-9,11-15H,1,4,7,10H2,2H3. The third-order valence-corrected chi connectivity index (χ3v) is 4.61. The molecule has 0 heterocycles. The average molecular weight is 382 g/mol. The maximum atomic E-state index is 14.1. The normalized spacial score (nSPS) is 10.7. The Morgan fingerprint density at radius 3 is 2.21 bits per heavy atom. The van der Waals surface area contributed by atoms with Crippen molar-refractivity contribution in [2.45, 2.75) is 19.8 Å². The Hall–Kier alpha value is -3.01. The molecule has 0 radical (unpaired) electrons. The van der Waals surface area contributed by atoms with Crippen molar-refractivity contribution in [2.24, 2.45) is 0 Å². The minimum Gasteiger partial charge on any atom is -0.491 e. The molecule has 0 saturated carbocycles. The monoisotopic (exact) mass is 382 g/mol. The number of hydrogen-bond acceptors (Lipinski definition) is 1. The van der Waals surface area contributed by atoms with Crippen molar-refractivity contribution >= 4 is 6.08 Å². The summed E-state index contributed by atoms with van der Waals surface area (Å²) < 4.78 is 47.2. The Balaban J connectivity index is 1.71. The molecule has 0 aliphatic rings. The maximum absolute atomic E-state index is 14.1. The van der Waals surface area contributed by atoms with Gasteiger partial charge in [-0.1, -0.05) is 55.1 Å². The molecule has 0 aromatic heterocycles. The fourth-order valence-corrected chi connectivity index (χ4v) is 3.05. The predicted octanol–water partition coefficient (Wildman–Crippen LogP) is 6.60. The van der Waals surface area contributed by atoms with E-state index < -0.39 is 17.5 Å². The van der Waals surface area contributed by atoms with Crippen LogP contribution in [0, 0.1) is 17.5 Å². The molecular weight excluding hydrogens is 361 g/mol. The Morgan fingerprint density at radius 2 is 1.57 bits per heavy atom. The van der Waals surface area contributed by atoms with Crippen molar-refractivity contribution in [2.75, 3.05) is 6.61 Å². The van der Waals surface area contributed by atoms with Gasteiger partial charge in [-0.15, -0.1) is 0 Å². The van der Waals surface area contributed by atoms with Gasteiger partial charge in [0.15, 0.2) is 23.2 Å². The van der Waals surface area contributed by atoms with Crippen molar-refractivity contribution in [3.05, 3.63) is 95.3 Å². The molecule has 0 bridgehead atoms. The van der Waals surface area contributed by atoms with E-state index >= 15 is 0 Å². The molecule has 0 spiro atoms. The van der Waals surface area contributed by atoms with Crippen molar-refractivity contribution in [3.8, 4) is 16.9 Å². The van der Waals surface area contributed by atoms with E-state index in [2.05, 4.69) is 6.58 Å². The molecule has 3 aromatic carbocycles. The van der Waals surface area contributed by atoms with Gasteiger partial charge < -0.3 is 4.74 Å². The lowest BCUT2D eigenvalue weighted by atomic mass is 9.99. The molecule has 4 heteroatoms. The summed E-state index contributed by atoms with van der Waals surface area (Å²) in [5, 5.41) is 0. The fraction of sp³-hybridized carbons (Fsp3) is 0.167. The minimum atomic E-state index is -0.861. The lowest BCUT2D eigenvalue weighted by Gasteiger charge is -2.09. The Morgan fingerprint density at radius 1 is 0.857 bits per heavy atom. The van der Waals surface area contributed by atoms with Crippen LogP contribution in [0.5, 0.6) is 5.75 Å². The highest BCUT2D eigenvalue weighted by Gasteiger charge is 2.12. The van der Waals surface area contributed by atoms with E-state index in [1.165, 1.54) is 18.2 Å². The van der Waals surface area contributed by atoms with Crippen LogP contribution in [0.4, 0.5) is 13.2 Å². The van der Waals surface area contributed by atoms with Crippen LogP contribution in [-0.2, 0) is 12.8 Å². The Kier molecular flexibility index (Phi) is 6.19. The first-order chi connectivity index (χ1) is 13.5. The topological polar surface area (TPSA) is 9.23 Å². The van der Waals surface area contributed by atoms with Crippen molar-refractivity contribution in [3.63, 3.8) is 0 Å². The number of hydrogen-bond donors (Lipinski definition) is 0. The average Bonchev–Trinajstić information content (AvgIpc) is 2.71. The minimum absolute atomic E-state index is 0.160. The zero-order chi connectivity index (χ0) is 20.1. The summed E-state index contributed by atoms with van der Waals surface area (Å²) in [6.07, 6.45) is 2.25. The first-order valence-corrected chi connectivity index (χ1v) is 9.14. The molecule has 28 heavy (non-hydrogen) atoms. The van der Waals surface area contributed by atoms with Crippen LogP contribution in [-0.4, -0.2) is 6.61 Å². The quantitative estimate of drug-likeness (QED) is 0.447.